The van der Waals surface area contributed by atoms with Crippen LogP contribution >= 0.6 is 0 Å². The summed E-state index contributed by atoms with van der Waals surface area (Å²) in [5, 5.41) is 3.69. The molecular formula is C17H29N. The third kappa shape index (κ3) is 6.20. The Bertz CT molecular complexity index is 349. The second-order valence-corrected chi connectivity index (χ2v) is 6.61. The zero-order chi connectivity index (χ0) is 13.6. The summed E-state index contributed by atoms with van der Waals surface area (Å²) in [5.74, 6) is 0. The highest BCUT2D eigenvalue weighted by Crippen LogP contribution is 2.22. The van der Waals surface area contributed by atoms with E-state index in [1.165, 1.54) is 24.0 Å². The van der Waals surface area contributed by atoms with Crippen LogP contribution in [0.5, 0.6) is 0 Å². The van der Waals surface area contributed by atoms with Crippen LogP contribution in [0.25, 0.3) is 0 Å². The van der Waals surface area contributed by atoms with Gasteiger partial charge >= 0.3 is 0 Å². The van der Waals surface area contributed by atoms with Crippen molar-refractivity contribution in [2.24, 2.45) is 5.41 Å². The van der Waals surface area contributed by atoms with Crippen molar-refractivity contribution in [3.63, 3.8) is 0 Å². The molecule has 1 nitrogen and oxygen atoms in total. The summed E-state index contributed by atoms with van der Waals surface area (Å²) in [5.41, 5.74) is 3.19. The second-order valence-electron chi connectivity index (χ2n) is 6.61. The Morgan fingerprint density at radius 1 is 1.22 bits per heavy atom. The maximum Gasteiger partial charge on any atom is 0.0112 e. The molecule has 0 aromatic heterocycles. The van der Waals surface area contributed by atoms with Gasteiger partial charge in [0.05, 0.1) is 0 Å². The maximum atomic E-state index is 3.69. The van der Waals surface area contributed by atoms with Crippen molar-refractivity contribution in [2.45, 2.75) is 59.9 Å². The molecule has 0 bridgehead atoms. The third-order valence-corrected chi connectivity index (χ3v) is 3.11. The minimum atomic E-state index is 0.384. The van der Waals surface area contributed by atoms with Crippen LogP contribution in [0.15, 0.2) is 24.3 Å². The Kier molecular flexibility index (Phi) is 5.87. The monoisotopic (exact) mass is 247 g/mol. The number of benzene rings is 1. The van der Waals surface area contributed by atoms with Gasteiger partial charge < -0.3 is 5.32 Å². The SMILES string of the molecule is CCCNC(Cc1cccc(C)c1)CC(C)(C)C. The largest absolute Gasteiger partial charge is 0.314 e. The predicted molar refractivity (Wildman–Crippen MR) is 81.0 cm³/mol. The number of hydrogen-bond donors (Lipinski definition) is 1. The Labute approximate surface area is 113 Å². The van der Waals surface area contributed by atoms with E-state index in [2.05, 4.69) is 64.2 Å². The molecule has 1 aromatic rings. The van der Waals surface area contributed by atoms with Gasteiger partial charge in [0.1, 0.15) is 0 Å². The van der Waals surface area contributed by atoms with Crippen LogP contribution in [0.1, 0.15) is 51.7 Å². The summed E-state index contributed by atoms with van der Waals surface area (Å²) < 4.78 is 0. The standard InChI is InChI=1S/C17H29N/c1-6-10-18-16(13-17(3,4)5)12-15-9-7-8-14(2)11-15/h7-9,11,16,18H,6,10,12-13H2,1-5H3. The summed E-state index contributed by atoms with van der Waals surface area (Å²) in [4.78, 5) is 0. The van der Waals surface area contributed by atoms with Crippen LogP contribution in [0.3, 0.4) is 0 Å². The molecule has 0 amide bonds. The summed E-state index contributed by atoms with van der Waals surface area (Å²) in [6.07, 6.45) is 3.56. The van der Waals surface area contributed by atoms with Gasteiger partial charge in [-0.05, 0) is 43.7 Å². The predicted octanol–water partition coefficient (Wildman–Crippen LogP) is 4.34. The molecule has 1 aromatic carbocycles. The van der Waals surface area contributed by atoms with Gasteiger partial charge in [0, 0.05) is 6.04 Å². The van der Waals surface area contributed by atoms with E-state index < -0.39 is 0 Å². The molecular weight excluding hydrogens is 218 g/mol. The minimum Gasteiger partial charge on any atom is -0.314 e. The first-order valence-electron chi connectivity index (χ1n) is 7.19. The average molecular weight is 247 g/mol. The van der Waals surface area contributed by atoms with Gasteiger partial charge in [0.2, 0.25) is 0 Å². The zero-order valence-corrected chi connectivity index (χ0v) is 12.7. The summed E-state index contributed by atoms with van der Waals surface area (Å²) in [6.45, 7) is 12.5. The van der Waals surface area contributed by atoms with Gasteiger partial charge in [-0.15, -0.1) is 0 Å². The molecule has 1 unspecified atom stereocenters. The summed E-state index contributed by atoms with van der Waals surface area (Å²) in [6, 6.07) is 9.48. The Balaban J connectivity index is 2.65. The third-order valence-electron chi connectivity index (χ3n) is 3.11. The Morgan fingerprint density at radius 3 is 2.50 bits per heavy atom. The van der Waals surface area contributed by atoms with E-state index in [1.807, 2.05) is 0 Å². The normalized spacial score (nSPS) is 13.6. The first-order chi connectivity index (χ1) is 8.40. The smallest absolute Gasteiger partial charge is 0.0112 e. The van der Waals surface area contributed by atoms with E-state index >= 15 is 0 Å². The second kappa shape index (κ2) is 6.94. The summed E-state index contributed by atoms with van der Waals surface area (Å²) >= 11 is 0. The van der Waals surface area contributed by atoms with E-state index in [0.29, 0.717) is 11.5 Å². The van der Waals surface area contributed by atoms with Gasteiger partial charge in [-0.3, -0.25) is 0 Å². The molecule has 0 saturated heterocycles. The van der Waals surface area contributed by atoms with Crippen LogP contribution in [-0.4, -0.2) is 12.6 Å². The number of aryl methyl sites for hydroxylation is 1. The lowest BCUT2D eigenvalue weighted by molar-refractivity contribution is 0.306. The highest BCUT2D eigenvalue weighted by Gasteiger charge is 2.18. The van der Waals surface area contributed by atoms with Crippen molar-refractivity contribution >= 4 is 0 Å². The lowest BCUT2D eigenvalue weighted by Crippen LogP contribution is -2.35. The van der Waals surface area contributed by atoms with Crippen LogP contribution in [0.2, 0.25) is 0 Å². The number of hydrogen-bond acceptors (Lipinski definition) is 1. The van der Waals surface area contributed by atoms with Gasteiger partial charge in [0.25, 0.3) is 0 Å². The lowest BCUT2D eigenvalue weighted by Gasteiger charge is -2.27. The Morgan fingerprint density at radius 2 is 1.94 bits per heavy atom. The quantitative estimate of drug-likeness (QED) is 0.788. The highest BCUT2D eigenvalue weighted by molar-refractivity contribution is 5.23. The van der Waals surface area contributed by atoms with E-state index in [-0.39, 0.29) is 0 Å². The van der Waals surface area contributed by atoms with Crippen LogP contribution in [-0.2, 0) is 6.42 Å². The van der Waals surface area contributed by atoms with Crippen LogP contribution in [0, 0.1) is 12.3 Å². The molecule has 0 heterocycles. The lowest BCUT2D eigenvalue weighted by atomic mass is 9.85. The van der Waals surface area contributed by atoms with Crippen molar-refractivity contribution in [3.05, 3.63) is 35.4 Å². The molecule has 0 aliphatic carbocycles. The molecule has 1 rings (SSSR count). The molecule has 0 saturated carbocycles. The maximum absolute atomic E-state index is 3.69. The molecule has 1 heteroatoms. The fourth-order valence-corrected chi connectivity index (χ4v) is 2.43. The molecule has 0 fully saturated rings. The minimum absolute atomic E-state index is 0.384. The molecule has 0 aliphatic heterocycles. The molecule has 102 valence electrons. The topological polar surface area (TPSA) is 12.0 Å². The molecule has 0 aliphatic rings. The van der Waals surface area contributed by atoms with E-state index in [9.17, 15) is 0 Å². The molecule has 1 atom stereocenters. The van der Waals surface area contributed by atoms with Crippen molar-refractivity contribution in [1.82, 2.24) is 5.32 Å². The van der Waals surface area contributed by atoms with Crippen molar-refractivity contribution in [3.8, 4) is 0 Å². The Hall–Kier alpha value is -0.820. The number of rotatable bonds is 6. The molecule has 1 N–H and O–H groups in total. The average Bonchev–Trinajstić information content (AvgIpc) is 2.24. The van der Waals surface area contributed by atoms with Crippen LogP contribution < -0.4 is 5.32 Å². The van der Waals surface area contributed by atoms with Gasteiger partial charge in [-0.2, -0.15) is 0 Å². The molecule has 0 radical (unpaired) electrons. The first-order valence-corrected chi connectivity index (χ1v) is 7.19. The van der Waals surface area contributed by atoms with E-state index in [0.717, 1.165) is 13.0 Å². The highest BCUT2D eigenvalue weighted by atomic mass is 14.9. The molecule has 0 spiro atoms. The van der Waals surface area contributed by atoms with Crippen molar-refractivity contribution in [2.75, 3.05) is 6.54 Å². The zero-order valence-electron chi connectivity index (χ0n) is 12.7. The molecule has 18 heavy (non-hydrogen) atoms. The van der Waals surface area contributed by atoms with E-state index in [1.54, 1.807) is 0 Å². The van der Waals surface area contributed by atoms with Gasteiger partial charge in [-0.25, -0.2) is 0 Å². The number of nitrogens with one attached hydrogen (secondary N) is 1. The van der Waals surface area contributed by atoms with E-state index in [4.69, 9.17) is 0 Å². The first kappa shape index (κ1) is 15.2. The fraction of sp³-hybridized carbons (Fsp3) is 0.647. The summed E-state index contributed by atoms with van der Waals surface area (Å²) in [7, 11) is 0. The van der Waals surface area contributed by atoms with Crippen LogP contribution in [0.4, 0.5) is 0 Å². The van der Waals surface area contributed by atoms with Crippen molar-refractivity contribution in [1.29, 1.82) is 0 Å². The van der Waals surface area contributed by atoms with Crippen molar-refractivity contribution < 1.29 is 0 Å². The van der Waals surface area contributed by atoms with Gasteiger partial charge in [-0.1, -0.05) is 57.5 Å². The van der Waals surface area contributed by atoms with Gasteiger partial charge in [0.15, 0.2) is 0 Å². The fourth-order valence-electron chi connectivity index (χ4n) is 2.43.